The highest BCUT2D eigenvalue weighted by Gasteiger charge is 2.25. The topological polar surface area (TPSA) is 74.3 Å². The second-order valence-corrected chi connectivity index (χ2v) is 10.7. The number of benzene rings is 3. The summed E-state index contributed by atoms with van der Waals surface area (Å²) in [6.07, 6.45) is 3.76. The summed E-state index contributed by atoms with van der Waals surface area (Å²) in [5.41, 5.74) is 4.23. The second-order valence-electron chi connectivity index (χ2n) is 10.7. The van der Waals surface area contributed by atoms with Crippen LogP contribution in [0.3, 0.4) is 0 Å². The molecule has 6 nitrogen and oxygen atoms in total. The van der Waals surface area contributed by atoms with Crippen molar-refractivity contribution in [3.8, 4) is 0 Å². The first-order chi connectivity index (χ1) is 18.9. The van der Waals surface area contributed by atoms with Gasteiger partial charge in [0.05, 0.1) is 11.4 Å². The number of fused-ring (bicyclic) bond motifs is 1. The van der Waals surface area contributed by atoms with Crippen LogP contribution in [0.15, 0.2) is 84.9 Å². The molecule has 2 N–H and O–H groups in total. The lowest BCUT2D eigenvalue weighted by molar-refractivity contribution is -0.123. The monoisotopic (exact) mass is 520 g/mol. The van der Waals surface area contributed by atoms with Crippen molar-refractivity contribution in [1.82, 2.24) is 10.3 Å². The maximum Gasteiger partial charge on any atom is 0.227 e. The fourth-order valence-corrected chi connectivity index (χ4v) is 5.38. The lowest BCUT2D eigenvalue weighted by Crippen LogP contribution is -2.41. The molecule has 6 heteroatoms. The summed E-state index contributed by atoms with van der Waals surface area (Å²) in [6, 6.07) is 27.5. The number of rotatable bonds is 8. The fourth-order valence-electron chi connectivity index (χ4n) is 5.38. The van der Waals surface area contributed by atoms with Gasteiger partial charge in [-0.15, -0.1) is 0 Å². The summed E-state index contributed by atoms with van der Waals surface area (Å²) in [4.78, 5) is 33.0. The zero-order valence-corrected chi connectivity index (χ0v) is 22.9. The molecular formula is C33H36N4O2. The minimum Gasteiger partial charge on any atom is -0.377 e. The van der Waals surface area contributed by atoms with Crippen molar-refractivity contribution in [2.75, 3.05) is 24.3 Å². The lowest BCUT2D eigenvalue weighted by atomic mass is 9.90. The number of anilines is 2. The quantitative estimate of drug-likeness (QED) is 0.272. The number of ketones is 1. The van der Waals surface area contributed by atoms with Gasteiger partial charge >= 0.3 is 0 Å². The largest absolute Gasteiger partial charge is 0.377 e. The average Bonchev–Trinajstić information content (AvgIpc) is 2.97. The summed E-state index contributed by atoms with van der Waals surface area (Å²) in [7, 11) is 4.11. The molecule has 0 aliphatic heterocycles. The van der Waals surface area contributed by atoms with Crippen molar-refractivity contribution in [3.63, 3.8) is 0 Å². The third-order valence-electron chi connectivity index (χ3n) is 7.68. The molecule has 1 aliphatic rings. The van der Waals surface area contributed by atoms with Gasteiger partial charge in [0.25, 0.3) is 0 Å². The van der Waals surface area contributed by atoms with Crippen LogP contribution < -0.4 is 15.5 Å². The SMILES string of the molecule is C[C@H](C(=O)N[C@H]1CC[C@@H](Nc2cc(N(C)C)c3ccccc3n2)CC1)c1cccc(C(=O)c2ccccc2)c1. The van der Waals surface area contributed by atoms with Gasteiger partial charge in [0, 0.05) is 54.4 Å². The van der Waals surface area contributed by atoms with Gasteiger partial charge in [0.15, 0.2) is 5.78 Å². The van der Waals surface area contributed by atoms with Crippen LogP contribution in [0.1, 0.15) is 60.0 Å². The molecule has 1 aliphatic carbocycles. The standard InChI is InChI=1S/C33H36N4O2/c1-22(24-12-9-13-25(20-24)32(38)23-10-5-4-6-11-23)33(39)35-27-18-16-26(17-19-27)34-31-21-30(37(2)3)28-14-7-8-15-29(28)36-31/h4-15,20-22,26-27H,16-19H2,1-3H3,(H,34,36)(H,35,39)/t22-,26-,27+/m0/s1. The Morgan fingerprint density at radius 2 is 1.49 bits per heavy atom. The third kappa shape index (κ3) is 6.11. The van der Waals surface area contributed by atoms with E-state index in [1.165, 1.54) is 0 Å². The number of hydrogen-bond acceptors (Lipinski definition) is 5. The van der Waals surface area contributed by atoms with Crippen LogP contribution in [-0.4, -0.2) is 42.9 Å². The molecule has 1 heterocycles. The predicted octanol–water partition coefficient (Wildman–Crippen LogP) is 6.17. The molecule has 1 saturated carbocycles. The molecule has 200 valence electrons. The molecule has 0 radical (unpaired) electrons. The number of pyridine rings is 1. The van der Waals surface area contributed by atoms with E-state index in [0.29, 0.717) is 17.2 Å². The summed E-state index contributed by atoms with van der Waals surface area (Å²) in [5.74, 6) is 0.524. The minimum atomic E-state index is -0.337. The Kier molecular flexibility index (Phi) is 7.92. The number of carbonyl (C=O) groups is 2. The fraction of sp³-hybridized carbons (Fsp3) is 0.303. The number of hydrogen-bond donors (Lipinski definition) is 2. The van der Waals surface area contributed by atoms with Crippen molar-refractivity contribution in [1.29, 1.82) is 0 Å². The van der Waals surface area contributed by atoms with Crippen molar-refractivity contribution >= 4 is 34.1 Å². The van der Waals surface area contributed by atoms with E-state index < -0.39 is 0 Å². The minimum absolute atomic E-state index is 0.00235. The molecule has 0 bridgehead atoms. The number of nitrogens with one attached hydrogen (secondary N) is 2. The van der Waals surface area contributed by atoms with E-state index in [-0.39, 0.29) is 23.7 Å². The maximum absolute atomic E-state index is 13.1. The zero-order chi connectivity index (χ0) is 27.4. The van der Waals surface area contributed by atoms with Crippen molar-refractivity contribution in [2.45, 2.75) is 50.6 Å². The van der Waals surface area contributed by atoms with E-state index in [2.05, 4.69) is 41.8 Å². The lowest BCUT2D eigenvalue weighted by Gasteiger charge is -2.31. The molecule has 3 aromatic carbocycles. The van der Waals surface area contributed by atoms with E-state index in [9.17, 15) is 9.59 Å². The second kappa shape index (κ2) is 11.7. The smallest absolute Gasteiger partial charge is 0.227 e. The maximum atomic E-state index is 13.1. The molecule has 1 amide bonds. The van der Waals surface area contributed by atoms with E-state index >= 15 is 0 Å². The summed E-state index contributed by atoms with van der Waals surface area (Å²) in [5, 5.41) is 8.04. The molecule has 39 heavy (non-hydrogen) atoms. The van der Waals surface area contributed by atoms with Gasteiger partial charge in [-0.25, -0.2) is 4.98 Å². The molecule has 4 aromatic rings. The van der Waals surface area contributed by atoms with Gasteiger partial charge in [-0.2, -0.15) is 0 Å². The highest BCUT2D eigenvalue weighted by molar-refractivity contribution is 6.09. The first-order valence-electron chi connectivity index (χ1n) is 13.7. The summed E-state index contributed by atoms with van der Waals surface area (Å²) < 4.78 is 0. The number of amides is 1. The normalized spacial score (nSPS) is 17.8. The molecule has 1 atom stereocenters. The van der Waals surface area contributed by atoms with Crippen LogP contribution in [0.2, 0.25) is 0 Å². The van der Waals surface area contributed by atoms with Crippen molar-refractivity contribution in [3.05, 3.63) is 102 Å². The third-order valence-corrected chi connectivity index (χ3v) is 7.68. The first kappa shape index (κ1) is 26.4. The van der Waals surface area contributed by atoms with Crippen LogP contribution in [0.5, 0.6) is 0 Å². The zero-order valence-electron chi connectivity index (χ0n) is 22.9. The number of aromatic nitrogens is 1. The van der Waals surface area contributed by atoms with Gasteiger partial charge in [-0.1, -0.05) is 66.7 Å². The van der Waals surface area contributed by atoms with Crippen LogP contribution >= 0.6 is 0 Å². The van der Waals surface area contributed by atoms with Crippen molar-refractivity contribution in [2.24, 2.45) is 0 Å². The number of para-hydroxylation sites is 1. The van der Waals surface area contributed by atoms with Crippen LogP contribution in [0.4, 0.5) is 11.5 Å². The van der Waals surface area contributed by atoms with Gasteiger partial charge in [-0.05, 0) is 50.3 Å². The Hall–Kier alpha value is -4.19. The molecule has 5 rings (SSSR count). The summed E-state index contributed by atoms with van der Waals surface area (Å²) >= 11 is 0. The number of nitrogens with zero attached hydrogens (tertiary/aromatic N) is 2. The Morgan fingerprint density at radius 1 is 0.821 bits per heavy atom. The van der Waals surface area contributed by atoms with Gasteiger partial charge in [-0.3, -0.25) is 9.59 Å². The predicted molar refractivity (Wildman–Crippen MR) is 159 cm³/mol. The molecule has 1 fully saturated rings. The van der Waals surface area contributed by atoms with Gasteiger partial charge < -0.3 is 15.5 Å². The van der Waals surface area contributed by atoms with E-state index in [0.717, 1.165) is 53.7 Å². The molecule has 0 spiro atoms. The van der Waals surface area contributed by atoms with Gasteiger partial charge in [0.2, 0.25) is 5.91 Å². The highest BCUT2D eigenvalue weighted by atomic mass is 16.2. The first-order valence-corrected chi connectivity index (χ1v) is 13.7. The van der Waals surface area contributed by atoms with E-state index in [1.54, 1.807) is 0 Å². The van der Waals surface area contributed by atoms with E-state index in [1.807, 2.05) is 79.7 Å². The average molecular weight is 521 g/mol. The molecule has 0 unspecified atom stereocenters. The highest BCUT2D eigenvalue weighted by Crippen LogP contribution is 2.29. The molecule has 0 saturated heterocycles. The van der Waals surface area contributed by atoms with Crippen LogP contribution in [-0.2, 0) is 4.79 Å². The Bertz CT molecular complexity index is 1460. The molecule has 1 aromatic heterocycles. The molecular weight excluding hydrogens is 484 g/mol. The van der Waals surface area contributed by atoms with Crippen LogP contribution in [0, 0.1) is 0 Å². The van der Waals surface area contributed by atoms with Crippen molar-refractivity contribution < 1.29 is 9.59 Å². The Morgan fingerprint density at radius 3 is 2.23 bits per heavy atom. The van der Waals surface area contributed by atoms with E-state index in [4.69, 9.17) is 4.98 Å². The number of carbonyl (C=O) groups excluding carboxylic acids is 2. The Labute approximate surface area is 230 Å². The van der Waals surface area contributed by atoms with Gasteiger partial charge in [0.1, 0.15) is 5.82 Å². The van der Waals surface area contributed by atoms with Crippen LogP contribution in [0.25, 0.3) is 10.9 Å². The Balaban J connectivity index is 1.17. The summed E-state index contributed by atoms with van der Waals surface area (Å²) in [6.45, 7) is 1.91.